The zero-order valence-electron chi connectivity index (χ0n) is 9.43. The van der Waals surface area contributed by atoms with Crippen LogP contribution >= 0.6 is 0 Å². The zero-order chi connectivity index (χ0) is 11.0. The fraction of sp³-hybridized carbons (Fsp3) is 0.818. The number of nitrogens with one attached hydrogen (secondary N) is 1. The van der Waals surface area contributed by atoms with E-state index in [1.54, 1.807) is 6.92 Å². The molecule has 1 N–H and O–H groups in total. The Kier molecular flexibility index (Phi) is 7.07. The fourth-order valence-corrected chi connectivity index (χ4v) is 1.13. The van der Waals surface area contributed by atoms with Gasteiger partial charge in [0.1, 0.15) is 0 Å². The van der Waals surface area contributed by atoms with E-state index in [1.165, 1.54) is 19.8 Å². The van der Waals surface area contributed by atoms with E-state index in [9.17, 15) is 9.59 Å². The monoisotopic (exact) mass is 199 g/mol. The molecular formula is C11H21NO2. The van der Waals surface area contributed by atoms with Gasteiger partial charge in [-0.3, -0.25) is 9.59 Å². The summed E-state index contributed by atoms with van der Waals surface area (Å²) >= 11 is 0. The largest absolute Gasteiger partial charge is 0.347 e. The summed E-state index contributed by atoms with van der Waals surface area (Å²) in [6.07, 6.45) is 4.90. The quantitative estimate of drug-likeness (QED) is 0.638. The summed E-state index contributed by atoms with van der Waals surface area (Å²) in [5.41, 5.74) is 0. The molecule has 0 aromatic heterocycles. The van der Waals surface area contributed by atoms with Crippen molar-refractivity contribution in [3.63, 3.8) is 0 Å². The van der Waals surface area contributed by atoms with E-state index in [1.807, 2.05) is 0 Å². The summed E-state index contributed by atoms with van der Waals surface area (Å²) in [7, 11) is 0. The van der Waals surface area contributed by atoms with Crippen LogP contribution in [0.5, 0.6) is 0 Å². The van der Waals surface area contributed by atoms with Crippen molar-refractivity contribution in [1.82, 2.24) is 5.32 Å². The van der Waals surface area contributed by atoms with E-state index in [0.717, 1.165) is 12.8 Å². The van der Waals surface area contributed by atoms with Gasteiger partial charge in [-0.2, -0.15) is 0 Å². The summed E-state index contributed by atoms with van der Waals surface area (Å²) in [6, 6.07) is -0.339. The van der Waals surface area contributed by atoms with Crippen LogP contribution in [-0.2, 0) is 9.59 Å². The molecule has 0 bridgehead atoms. The number of carbonyl (C=O) groups excluding carboxylic acids is 2. The van der Waals surface area contributed by atoms with E-state index >= 15 is 0 Å². The Bertz CT molecular complexity index is 190. The predicted octanol–water partition coefficient (Wildman–Crippen LogP) is 2.05. The first-order valence-corrected chi connectivity index (χ1v) is 5.37. The predicted molar refractivity (Wildman–Crippen MR) is 57.0 cm³/mol. The van der Waals surface area contributed by atoms with E-state index in [0.29, 0.717) is 6.42 Å². The highest BCUT2D eigenvalue weighted by atomic mass is 16.2. The smallest absolute Gasteiger partial charge is 0.220 e. The first-order chi connectivity index (χ1) is 6.57. The van der Waals surface area contributed by atoms with Gasteiger partial charge in [0.2, 0.25) is 5.91 Å². The highest BCUT2D eigenvalue weighted by molar-refractivity contribution is 5.86. The minimum atomic E-state index is -0.339. The molecule has 1 unspecified atom stereocenters. The van der Waals surface area contributed by atoms with Crippen molar-refractivity contribution in [3.8, 4) is 0 Å². The molecule has 0 saturated carbocycles. The lowest BCUT2D eigenvalue weighted by Gasteiger charge is -2.09. The summed E-state index contributed by atoms with van der Waals surface area (Å²) in [5.74, 6) is -0.00397. The maximum Gasteiger partial charge on any atom is 0.220 e. The van der Waals surface area contributed by atoms with Crippen molar-refractivity contribution in [2.24, 2.45) is 0 Å². The molecule has 1 atom stereocenters. The Balaban J connectivity index is 3.50. The molecule has 3 nitrogen and oxygen atoms in total. The average molecular weight is 199 g/mol. The van der Waals surface area contributed by atoms with E-state index < -0.39 is 0 Å². The molecule has 0 radical (unpaired) electrons. The second kappa shape index (κ2) is 7.54. The van der Waals surface area contributed by atoms with Gasteiger partial charge in [-0.25, -0.2) is 0 Å². The molecule has 3 heteroatoms. The van der Waals surface area contributed by atoms with Gasteiger partial charge in [0, 0.05) is 6.42 Å². The molecule has 0 heterocycles. The van der Waals surface area contributed by atoms with Gasteiger partial charge >= 0.3 is 0 Å². The van der Waals surface area contributed by atoms with Gasteiger partial charge in [0.25, 0.3) is 0 Å². The van der Waals surface area contributed by atoms with Crippen molar-refractivity contribution >= 4 is 11.7 Å². The maximum absolute atomic E-state index is 11.3. The maximum atomic E-state index is 11.3. The number of hydrogen-bond acceptors (Lipinski definition) is 2. The van der Waals surface area contributed by atoms with Crippen LogP contribution in [0.4, 0.5) is 0 Å². The summed E-state index contributed by atoms with van der Waals surface area (Å²) in [4.78, 5) is 22.1. The minimum absolute atomic E-state index is 0.00640. The molecule has 0 aliphatic carbocycles. The van der Waals surface area contributed by atoms with Crippen molar-refractivity contribution in [3.05, 3.63) is 0 Å². The Morgan fingerprint density at radius 3 is 2.36 bits per heavy atom. The number of rotatable bonds is 7. The normalized spacial score (nSPS) is 12.2. The van der Waals surface area contributed by atoms with Crippen LogP contribution in [0.1, 0.15) is 52.9 Å². The molecule has 0 saturated heterocycles. The topological polar surface area (TPSA) is 46.2 Å². The minimum Gasteiger partial charge on any atom is -0.347 e. The molecule has 0 aliphatic rings. The van der Waals surface area contributed by atoms with Gasteiger partial charge < -0.3 is 5.32 Å². The zero-order valence-corrected chi connectivity index (χ0v) is 9.43. The van der Waals surface area contributed by atoms with Gasteiger partial charge in [0.05, 0.1) is 6.04 Å². The van der Waals surface area contributed by atoms with Crippen LogP contribution in [0.25, 0.3) is 0 Å². The lowest BCUT2D eigenvalue weighted by molar-refractivity contribution is -0.126. The first kappa shape index (κ1) is 13.1. The lowest BCUT2D eigenvalue weighted by Crippen LogP contribution is -2.37. The van der Waals surface area contributed by atoms with Crippen LogP contribution in [0.2, 0.25) is 0 Å². The third kappa shape index (κ3) is 6.63. The second-order valence-corrected chi connectivity index (χ2v) is 3.71. The summed E-state index contributed by atoms with van der Waals surface area (Å²) < 4.78 is 0. The van der Waals surface area contributed by atoms with Crippen LogP contribution < -0.4 is 5.32 Å². The molecule has 0 rings (SSSR count). The van der Waals surface area contributed by atoms with Crippen LogP contribution in [0.15, 0.2) is 0 Å². The van der Waals surface area contributed by atoms with Crippen LogP contribution in [0.3, 0.4) is 0 Å². The van der Waals surface area contributed by atoms with E-state index in [2.05, 4.69) is 12.2 Å². The van der Waals surface area contributed by atoms with Crippen LogP contribution in [-0.4, -0.2) is 17.7 Å². The summed E-state index contributed by atoms with van der Waals surface area (Å²) in [6.45, 7) is 5.34. The first-order valence-electron chi connectivity index (χ1n) is 5.37. The number of amides is 1. The SMILES string of the molecule is CCCCCCC(=O)NC(C)C(C)=O. The summed E-state index contributed by atoms with van der Waals surface area (Å²) in [5, 5.41) is 2.67. The van der Waals surface area contributed by atoms with Crippen LogP contribution in [0, 0.1) is 0 Å². The van der Waals surface area contributed by atoms with Crippen molar-refractivity contribution < 1.29 is 9.59 Å². The molecule has 0 aromatic carbocycles. The molecule has 0 fully saturated rings. The van der Waals surface area contributed by atoms with Gasteiger partial charge in [-0.1, -0.05) is 26.2 Å². The molecule has 1 amide bonds. The third-order valence-corrected chi connectivity index (χ3v) is 2.24. The fourth-order valence-electron chi connectivity index (χ4n) is 1.13. The molecule has 0 aliphatic heterocycles. The van der Waals surface area contributed by atoms with Crippen molar-refractivity contribution in [2.45, 2.75) is 58.9 Å². The van der Waals surface area contributed by atoms with Crippen molar-refractivity contribution in [2.75, 3.05) is 0 Å². The average Bonchev–Trinajstić information content (AvgIpc) is 2.12. The standard InChI is InChI=1S/C11H21NO2/c1-4-5-6-7-8-11(14)12-9(2)10(3)13/h9H,4-8H2,1-3H3,(H,12,14). The third-order valence-electron chi connectivity index (χ3n) is 2.24. The number of unbranched alkanes of at least 4 members (excludes halogenated alkanes) is 3. The molecule has 14 heavy (non-hydrogen) atoms. The number of ketones is 1. The van der Waals surface area contributed by atoms with Crippen molar-refractivity contribution in [1.29, 1.82) is 0 Å². The Labute approximate surface area is 86.3 Å². The number of carbonyl (C=O) groups is 2. The van der Waals surface area contributed by atoms with Gasteiger partial charge in [-0.05, 0) is 20.3 Å². The second-order valence-electron chi connectivity index (χ2n) is 3.71. The van der Waals surface area contributed by atoms with E-state index in [-0.39, 0.29) is 17.7 Å². The van der Waals surface area contributed by atoms with Gasteiger partial charge in [0.15, 0.2) is 5.78 Å². The molecule has 0 spiro atoms. The van der Waals surface area contributed by atoms with Gasteiger partial charge in [-0.15, -0.1) is 0 Å². The van der Waals surface area contributed by atoms with E-state index in [4.69, 9.17) is 0 Å². The highest BCUT2D eigenvalue weighted by Crippen LogP contribution is 2.02. The number of hydrogen-bond donors (Lipinski definition) is 1. The molecule has 82 valence electrons. The highest BCUT2D eigenvalue weighted by Gasteiger charge is 2.10. The number of Topliss-reactive ketones (excluding diaryl/α,β-unsaturated/α-hetero) is 1. The molecular weight excluding hydrogens is 178 g/mol. The molecule has 0 aromatic rings. The Hall–Kier alpha value is -0.860. The Morgan fingerprint density at radius 2 is 1.86 bits per heavy atom. The Morgan fingerprint density at radius 1 is 1.21 bits per heavy atom. The lowest BCUT2D eigenvalue weighted by atomic mass is 10.1.